The maximum Gasteiger partial charge on any atom is 0.226 e. The fraction of sp³-hybridized carbons (Fsp3) is 0.588. The Kier molecular flexibility index (Phi) is 5.23. The first-order chi connectivity index (χ1) is 10.0. The van der Waals surface area contributed by atoms with Gasteiger partial charge in [0.15, 0.2) is 0 Å². The van der Waals surface area contributed by atoms with Crippen LogP contribution in [0, 0.1) is 5.41 Å². The minimum Gasteiger partial charge on any atom is -0.371 e. The molecule has 0 radical (unpaired) electrons. The molecule has 116 valence electrons. The summed E-state index contributed by atoms with van der Waals surface area (Å²) in [5.74, 6) is 0.0942. The molecule has 1 aromatic rings. The van der Waals surface area contributed by atoms with E-state index in [1.165, 1.54) is 5.69 Å². The maximum absolute atomic E-state index is 11.8. The maximum atomic E-state index is 11.8. The molecule has 4 nitrogen and oxygen atoms in total. The summed E-state index contributed by atoms with van der Waals surface area (Å²) < 4.78 is 0. The average molecular weight is 289 g/mol. The molecule has 2 rings (SSSR count). The summed E-state index contributed by atoms with van der Waals surface area (Å²) in [7, 11) is 1.70. The minimum atomic E-state index is -0.356. The van der Waals surface area contributed by atoms with Gasteiger partial charge in [0.05, 0.1) is 5.41 Å². The highest BCUT2D eigenvalue weighted by Crippen LogP contribution is 2.20. The van der Waals surface area contributed by atoms with Gasteiger partial charge in [0.25, 0.3) is 0 Å². The molecule has 1 aliphatic heterocycles. The highest BCUT2D eigenvalue weighted by atomic mass is 16.2. The van der Waals surface area contributed by atoms with Crippen molar-refractivity contribution in [3.05, 3.63) is 30.3 Å². The van der Waals surface area contributed by atoms with E-state index in [4.69, 9.17) is 0 Å². The second-order valence-corrected chi connectivity index (χ2v) is 6.44. The van der Waals surface area contributed by atoms with Crippen molar-refractivity contribution in [2.75, 3.05) is 31.6 Å². The summed E-state index contributed by atoms with van der Waals surface area (Å²) in [4.78, 5) is 14.2. The predicted octanol–water partition coefficient (Wildman–Crippen LogP) is 2.02. The van der Waals surface area contributed by atoms with Crippen molar-refractivity contribution in [2.45, 2.75) is 32.7 Å². The lowest BCUT2D eigenvalue weighted by molar-refractivity contribution is -0.128. The van der Waals surface area contributed by atoms with E-state index in [1.807, 2.05) is 13.8 Å². The number of rotatable bonds is 5. The Bertz CT molecular complexity index is 450. The molecule has 1 aromatic carbocycles. The van der Waals surface area contributed by atoms with Crippen molar-refractivity contribution >= 4 is 11.6 Å². The number of piperidine rings is 1. The molecule has 0 spiro atoms. The summed E-state index contributed by atoms with van der Waals surface area (Å²) in [5, 5.41) is 6.30. The summed E-state index contributed by atoms with van der Waals surface area (Å²) in [6.07, 6.45) is 2.25. The Labute approximate surface area is 127 Å². The van der Waals surface area contributed by atoms with Gasteiger partial charge >= 0.3 is 0 Å². The van der Waals surface area contributed by atoms with E-state index in [1.54, 1.807) is 7.05 Å². The van der Waals surface area contributed by atoms with Gasteiger partial charge in [-0.15, -0.1) is 0 Å². The van der Waals surface area contributed by atoms with Crippen molar-refractivity contribution in [2.24, 2.45) is 5.41 Å². The van der Waals surface area contributed by atoms with Crippen LogP contribution in [0.2, 0.25) is 0 Å². The van der Waals surface area contributed by atoms with Crippen molar-refractivity contribution < 1.29 is 4.79 Å². The van der Waals surface area contributed by atoms with Crippen LogP contribution in [0.15, 0.2) is 30.3 Å². The van der Waals surface area contributed by atoms with Crippen LogP contribution in [0.25, 0.3) is 0 Å². The molecule has 0 atom stereocenters. The Morgan fingerprint density at radius 2 is 1.86 bits per heavy atom. The summed E-state index contributed by atoms with van der Waals surface area (Å²) >= 11 is 0. The zero-order valence-corrected chi connectivity index (χ0v) is 13.4. The van der Waals surface area contributed by atoms with Gasteiger partial charge in [-0.2, -0.15) is 0 Å². The molecule has 0 saturated carbocycles. The zero-order valence-electron chi connectivity index (χ0n) is 13.4. The Hall–Kier alpha value is -1.55. The van der Waals surface area contributed by atoms with Crippen molar-refractivity contribution in [1.29, 1.82) is 0 Å². The molecular formula is C17H27N3O. The largest absolute Gasteiger partial charge is 0.371 e. The molecule has 0 aliphatic carbocycles. The fourth-order valence-corrected chi connectivity index (χ4v) is 2.80. The van der Waals surface area contributed by atoms with Gasteiger partial charge in [-0.25, -0.2) is 0 Å². The number of nitrogens with one attached hydrogen (secondary N) is 2. The van der Waals surface area contributed by atoms with Crippen LogP contribution < -0.4 is 15.5 Å². The van der Waals surface area contributed by atoms with Gasteiger partial charge in [0, 0.05) is 38.4 Å². The molecule has 1 heterocycles. The molecule has 0 bridgehead atoms. The summed E-state index contributed by atoms with van der Waals surface area (Å²) in [5.41, 5.74) is 0.951. The van der Waals surface area contributed by atoms with E-state index in [0.29, 0.717) is 6.04 Å². The average Bonchev–Trinajstić information content (AvgIpc) is 2.53. The van der Waals surface area contributed by atoms with E-state index < -0.39 is 0 Å². The monoisotopic (exact) mass is 289 g/mol. The molecular weight excluding hydrogens is 262 g/mol. The number of anilines is 1. The fourth-order valence-electron chi connectivity index (χ4n) is 2.80. The number of nitrogens with zero attached hydrogens (tertiary/aromatic N) is 1. The Morgan fingerprint density at radius 1 is 1.24 bits per heavy atom. The number of benzene rings is 1. The van der Waals surface area contributed by atoms with Gasteiger partial charge in [-0.05, 0) is 38.8 Å². The zero-order chi connectivity index (χ0) is 15.3. The molecule has 0 aromatic heterocycles. The summed E-state index contributed by atoms with van der Waals surface area (Å²) in [6, 6.07) is 11.1. The van der Waals surface area contributed by atoms with Crippen molar-refractivity contribution in [3.63, 3.8) is 0 Å². The molecule has 1 fully saturated rings. The Balaban J connectivity index is 1.78. The molecule has 2 N–H and O–H groups in total. The van der Waals surface area contributed by atoms with Crippen LogP contribution in [0.5, 0.6) is 0 Å². The van der Waals surface area contributed by atoms with Crippen LogP contribution in [-0.2, 0) is 4.79 Å². The van der Waals surface area contributed by atoms with Crippen molar-refractivity contribution in [1.82, 2.24) is 10.6 Å². The second-order valence-electron chi connectivity index (χ2n) is 6.44. The van der Waals surface area contributed by atoms with E-state index in [0.717, 1.165) is 32.5 Å². The molecule has 1 aliphatic rings. The second kappa shape index (κ2) is 6.94. The lowest BCUT2D eigenvalue weighted by atomic mass is 9.91. The Morgan fingerprint density at radius 3 is 2.43 bits per heavy atom. The third-order valence-corrected chi connectivity index (χ3v) is 4.29. The lowest BCUT2D eigenvalue weighted by Crippen LogP contribution is -2.48. The highest BCUT2D eigenvalue weighted by Gasteiger charge is 2.28. The molecule has 1 saturated heterocycles. The molecule has 1 amide bonds. The third-order valence-electron chi connectivity index (χ3n) is 4.29. The van der Waals surface area contributed by atoms with Crippen LogP contribution in [0.4, 0.5) is 5.69 Å². The smallest absolute Gasteiger partial charge is 0.226 e. The molecule has 0 unspecified atom stereocenters. The van der Waals surface area contributed by atoms with E-state index >= 15 is 0 Å². The number of carbonyl (C=O) groups is 1. The number of para-hydroxylation sites is 1. The van der Waals surface area contributed by atoms with Gasteiger partial charge in [0.1, 0.15) is 0 Å². The minimum absolute atomic E-state index is 0.0942. The van der Waals surface area contributed by atoms with E-state index in [9.17, 15) is 4.79 Å². The van der Waals surface area contributed by atoms with E-state index in [-0.39, 0.29) is 11.3 Å². The first-order valence-corrected chi connectivity index (χ1v) is 7.78. The van der Waals surface area contributed by atoms with Crippen LogP contribution in [-0.4, -0.2) is 38.6 Å². The quantitative estimate of drug-likeness (QED) is 0.871. The SMILES string of the molecule is CNC(=O)C(C)(C)CNC1CCN(c2ccccc2)CC1. The summed E-state index contributed by atoms with van der Waals surface area (Å²) in [6.45, 7) is 6.84. The van der Waals surface area contributed by atoms with Gasteiger partial charge in [0.2, 0.25) is 5.91 Å². The third kappa shape index (κ3) is 4.21. The highest BCUT2D eigenvalue weighted by molar-refractivity contribution is 5.81. The number of hydrogen-bond acceptors (Lipinski definition) is 3. The predicted molar refractivity (Wildman–Crippen MR) is 87.5 cm³/mol. The normalized spacial score (nSPS) is 16.8. The van der Waals surface area contributed by atoms with Gasteiger partial charge in [-0.3, -0.25) is 4.79 Å². The first kappa shape index (κ1) is 15.8. The molecule has 4 heteroatoms. The number of amides is 1. The standard InChI is InChI=1S/C17H27N3O/c1-17(2,16(21)18-3)13-19-14-9-11-20(12-10-14)15-7-5-4-6-8-15/h4-8,14,19H,9-13H2,1-3H3,(H,18,21). The van der Waals surface area contributed by atoms with Crippen molar-refractivity contribution in [3.8, 4) is 0 Å². The van der Waals surface area contributed by atoms with E-state index in [2.05, 4.69) is 45.9 Å². The number of carbonyl (C=O) groups excluding carboxylic acids is 1. The first-order valence-electron chi connectivity index (χ1n) is 7.78. The number of hydrogen-bond donors (Lipinski definition) is 2. The lowest BCUT2D eigenvalue weighted by Gasteiger charge is -2.35. The van der Waals surface area contributed by atoms with Crippen LogP contribution in [0.3, 0.4) is 0 Å². The van der Waals surface area contributed by atoms with Gasteiger partial charge < -0.3 is 15.5 Å². The van der Waals surface area contributed by atoms with Crippen LogP contribution >= 0.6 is 0 Å². The topological polar surface area (TPSA) is 44.4 Å². The van der Waals surface area contributed by atoms with Crippen LogP contribution in [0.1, 0.15) is 26.7 Å². The molecule has 21 heavy (non-hydrogen) atoms. The van der Waals surface area contributed by atoms with Gasteiger partial charge in [-0.1, -0.05) is 18.2 Å².